The fraction of sp³-hybridized carbons (Fsp3) is 0.353. The van der Waals surface area contributed by atoms with E-state index in [4.69, 9.17) is 4.74 Å². The van der Waals surface area contributed by atoms with Crippen LogP contribution in [0.3, 0.4) is 0 Å². The van der Waals surface area contributed by atoms with E-state index in [1.165, 1.54) is 0 Å². The Morgan fingerprint density at radius 1 is 1.21 bits per heavy atom. The third kappa shape index (κ3) is 8.31. The van der Waals surface area contributed by atoms with E-state index < -0.39 is 0 Å². The summed E-state index contributed by atoms with van der Waals surface area (Å²) in [5, 5.41) is 3.44. The summed E-state index contributed by atoms with van der Waals surface area (Å²) in [5.74, 6) is 0.907. The van der Waals surface area contributed by atoms with Crippen molar-refractivity contribution in [2.75, 3.05) is 27.2 Å². The van der Waals surface area contributed by atoms with Gasteiger partial charge in [0.05, 0.1) is 0 Å². The second kappa shape index (κ2) is 12.5. The van der Waals surface area contributed by atoms with E-state index in [0.717, 1.165) is 41.0 Å². The average Bonchev–Trinajstić information content (AvgIpc) is 2.51. The molecule has 0 saturated carbocycles. The van der Waals surface area contributed by atoms with Crippen LogP contribution in [-0.4, -0.2) is 37.1 Å². The van der Waals surface area contributed by atoms with Crippen molar-refractivity contribution in [1.82, 2.24) is 15.2 Å². The van der Waals surface area contributed by atoms with Crippen molar-refractivity contribution in [1.29, 1.82) is 0 Å². The maximum atomic E-state index is 5.95. The van der Waals surface area contributed by atoms with Gasteiger partial charge in [0.2, 0.25) is 0 Å². The van der Waals surface area contributed by atoms with Crippen LogP contribution in [0.25, 0.3) is 0 Å². The van der Waals surface area contributed by atoms with Gasteiger partial charge in [-0.05, 0) is 38.4 Å². The summed E-state index contributed by atoms with van der Waals surface area (Å²) in [7, 11) is 4.15. The molecule has 7 heteroatoms. The summed E-state index contributed by atoms with van der Waals surface area (Å²) >= 11 is 3.52. The van der Waals surface area contributed by atoms with Gasteiger partial charge in [-0.15, -0.1) is 24.8 Å². The highest BCUT2D eigenvalue weighted by Gasteiger charge is 2.05. The number of hydrogen-bond acceptors (Lipinski definition) is 4. The number of hydrogen-bond donors (Lipinski definition) is 1. The summed E-state index contributed by atoms with van der Waals surface area (Å²) in [4.78, 5) is 6.27. The molecule has 0 amide bonds. The minimum Gasteiger partial charge on any atom is -0.489 e. The van der Waals surface area contributed by atoms with Crippen molar-refractivity contribution >= 4 is 40.7 Å². The highest BCUT2D eigenvalue weighted by molar-refractivity contribution is 9.10. The molecule has 0 aliphatic rings. The quantitative estimate of drug-likeness (QED) is 0.636. The Balaban J connectivity index is 0.00000264. The molecule has 2 aromatic rings. The van der Waals surface area contributed by atoms with Gasteiger partial charge < -0.3 is 15.0 Å². The predicted octanol–water partition coefficient (Wildman–Crippen LogP) is 3.92. The van der Waals surface area contributed by atoms with Crippen molar-refractivity contribution < 1.29 is 4.74 Å². The van der Waals surface area contributed by atoms with E-state index in [1.54, 1.807) is 6.20 Å². The second-order valence-electron chi connectivity index (χ2n) is 5.38. The van der Waals surface area contributed by atoms with Gasteiger partial charge in [0.15, 0.2) is 0 Å². The summed E-state index contributed by atoms with van der Waals surface area (Å²) in [6, 6.07) is 10.0. The van der Waals surface area contributed by atoms with Crippen molar-refractivity contribution in [3.63, 3.8) is 0 Å². The molecule has 0 bridgehead atoms. The molecule has 0 spiro atoms. The number of benzene rings is 1. The molecule has 1 N–H and O–H groups in total. The van der Waals surface area contributed by atoms with Gasteiger partial charge in [0.25, 0.3) is 0 Å². The third-order valence-corrected chi connectivity index (χ3v) is 3.68. The fourth-order valence-electron chi connectivity index (χ4n) is 2.00. The van der Waals surface area contributed by atoms with E-state index in [1.807, 2.05) is 30.5 Å². The van der Waals surface area contributed by atoms with Gasteiger partial charge in [0.1, 0.15) is 12.4 Å². The number of halogens is 3. The monoisotopic (exact) mass is 435 g/mol. The van der Waals surface area contributed by atoms with Crippen LogP contribution in [0, 0.1) is 0 Å². The zero-order chi connectivity index (χ0) is 15.8. The Bertz CT molecular complexity index is 585. The van der Waals surface area contributed by atoms with Crippen LogP contribution in [0.4, 0.5) is 0 Å². The molecule has 1 aromatic carbocycles. The standard InChI is InChI=1S/C17H22BrN3O.2ClH/c1-21(2)9-8-20-12-15-10-16(18)5-6-17(15)22-13-14-4-3-7-19-11-14;;/h3-7,10-11,20H,8-9,12-13H2,1-2H3;2*1H. The molecule has 2 rings (SSSR count). The normalized spacial score (nSPS) is 10.0. The molecule has 1 aromatic heterocycles. The Morgan fingerprint density at radius 2 is 2.00 bits per heavy atom. The summed E-state index contributed by atoms with van der Waals surface area (Å²) < 4.78 is 7.01. The van der Waals surface area contributed by atoms with Crippen molar-refractivity contribution in [3.05, 3.63) is 58.3 Å². The van der Waals surface area contributed by atoms with Gasteiger partial charge in [-0.1, -0.05) is 22.0 Å². The maximum Gasteiger partial charge on any atom is 0.124 e. The van der Waals surface area contributed by atoms with E-state index in [2.05, 4.69) is 51.3 Å². The SMILES string of the molecule is CN(C)CCNCc1cc(Br)ccc1OCc1cccnc1.Cl.Cl. The van der Waals surface area contributed by atoms with Gasteiger partial charge >= 0.3 is 0 Å². The Labute approximate surface area is 164 Å². The molecule has 0 atom stereocenters. The number of nitrogens with one attached hydrogen (secondary N) is 1. The van der Waals surface area contributed by atoms with E-state index in [-0.39, 0.29) is 24.8 Å². The first-order chi connectivity index (χ1) is 10.6. The average molecular weight is 437 g/mol. The highest BCUT2D eigenvalue weighted by Crippen LogP contribution is 2.24. The van der Waals surface area contributed by atoms with E-state index in [9.17, 15) is 0 Å². The highest BCUT2D eigenvalue weighted by atomic mass is 79.9. The Kier molecular flexibility index (Phi) is 12.1. The van der Waals surface area contributed by atoms with Crippen LogP contribution in [0.15, 0.2) is 47.2 Å². The summed E-state index contributed by atoms with van der Waals surface area (Å²) in [5.41, 5.74) is 2.22. The van der Waals surface area contributed by atoms with Crippen LogP contribution in [-0.2, 0) is 13.2 Å². The first kappa shape index (κ1) is 23.1. The molecule has 0 saturated heterocycles. The Hall–Kier alpha value is -0.850. The molecule has 1 heterocycles. The molecule has 4 nitrogen and oxygen atoms in total. The number of nitrogens with zero attached hydrogens (tertiary/aromatic N) is 2. The lowest BCUT2D eigenvalue weighted by molar-refractivity contribution is 0.301. The largest absolute Gasteiger partial charge is 0.489 e. The minimum absolute atomic E-state index is 0. The second-order valence-corrected chi connectivity index (χ2v) is 6.30. The lowest BCUT2D eigenvalue weighted by Crippen LogP contribution is -2.26. The summed E-state index contributed by atoms with van der Waals surface area (Å²) in [6.07, 6.45) is 3.59. The number of likely N-dealkylation sites (N-methyl/N-ethyl adjacent to an activating group) is 1. The first-order valence-electron chi connectivity index (χ1n) is 7.31. The van der Waals surface area contributed by atoms with E-state index in [0.29, 0.717) is 6.61 Å². The van der Waals surface area contributed by atoms with Gasteiger partial charge in [-0.25, -0.2) is 0 Å². The molecule has 0 radical (unpaired) electrons. The van der Waals surface area contributed by atoms with Crippen LogP contribution in [0.1, 0.15) is 11.1 Å². The van der Waals surface area contributed by atoms with Crippen LogP contribution < -0.4 is 10.1 Å². The maximum absolute atomic E-state index is 5.95. The first-order valence-corrected chi connectivity index (χ1v) is 8.10. The fourth-order valence-corrected chi connectivity index (χ4v) is 2.41. The number of aromatic nitrogens is 1. The number of rotatable bonds is 8. The molecule has 0 aliphatic carbocycles. The lowest BCUT2D eigenvalue weighted by Gasteiger charge is -2.14. The predicted molar refractivity (Wildman–Crippen MR) is 107 cm³/mol. The zero-order valence-electron chi connectivity index (χ0n) is 13.9. The van der Waals surface area contributed by atoms with E-state index >= 15 is 0 Å². The topological polar surface area (TPSA) is 37.4 Å². The number of ether oxygens (including phenoxy) is 1. The Morgan fingerprint density at radius 3 is 2.67 bits per heavy atom. The van der Waals surface area contributed by atoms with Crippen molar-refractivity contribution in [2.24, 2.45) is 0 Å². The minimum atomic E-state index is 0. The lowest BCUT2D eigenvalue weighted by atomic mass is 10.2. The molecule has 0 fully saturated rings. The van der Waals surface area contributed by atoms with Crippen LogP contribution >= 0.6 is 40.7 Å². The molecular formula is C17H24BrCl2N3O. The van der Waals surface area contributed by atoms with Gasteiger partial charge in [0, 0.05) is 47.6 Å². The van der Waals surface area contributed by atoms with Crippen molar-refractivity contribution in [3.8, 4) is 5.75 Å². The van der Waals surface area contributed by atoms with Gasteiger partial charge in [-0.2, -0.15) is 0 Å². The number of pyridine rings is 1. The molecule has 0 unspecified atom stereocenters. The molecule has 0 aliphatic heterocycles. The summed E-state index contributed by atoms with van der Waals surface area (Å²) in [6.45, 7) is 3.28. The van der Waals surface area contributed by atoms with Crippen LogP contribution in [0.2, 0.25) is 0 Å². The smallest absolute Gasteiger partial charge is 0.124 e. The molecule has 134 valence electrons. The van der Waals surface area contributed by atoms with Crippen LogP contribution in [0.5, 0.6) is 5.75 Å². The molecule has 24 heavy (non-hydrogen) atoms. The zero-order valence-corrected chi connectivity index (χ0v) is 17.1. The molecular weight excluding hydrogens is 413 g/mol. The van der Waals surface area contributed by atoms with Crippen molar-refractivity contribution in [2.45, 2.75) is 13.2 Å². The third-order valence-electron chi connectivity index (χ3n) is 3.19. The van der Waals surface area contributed by atoms with Gasteiger partial charge in [-0.3, -0.25) is 4.98 Å².